The lowest BCUT2D eigenvalue weighted by Crippen LogP contribution is -2.33. The van der Waals surface area contributed by atoms with Crippen molar-refractivity contribution in [1.82, 2.24) is 25.3 Å². The van der Waals surface area contributed by atoms with E-state index in [1.807, 2.05) is 12.1 Å². The summed E-state index contributed by atoms with van der Waals surface area (Å²) >= 11 is 0. The van der Waals surface area contributed by atoms with Crippen molar-refractivity contribution in [1.29, 1.82) is 0 Å². The fourth-order valence-corrected chi connectivity index (χ4v) is 3.03. The largest absolute Gasteiger partial charge is 0.356 e. The maximum Gasteiger partial charge on any atom is 0.227 e. The van der Waals surface area contributed by atoms with Crippen LogP contribution in [0.4, 0.5) is 0 Å². The van der Waals surface area contributed by atoms with E-state index in [9.17, 15) is 4.79 Å². The van der Waals surface area contributed by atoms with Gasteiger partial charge in [0.25, 0.3) is 0 Å². The van der Waals surface area contributed by atoms with Crippen LogP contribution in [0.3, 0.4) is 0 Å². The zero-order valence-corrected chi connectivity index (χ0v) is 14.8. The molecule has 1 aliphatic rings. The molecule has 0 unspecified atom stereocenters. The number of rotatable bonds is 7. The number of nitrogens with one attached hydrogen (secondary N) is 1. The average Bonchev–Trinajstić information content (AvgIpc) is 3.28. The zero-order chi connectivity index (χ0) is 17.6. The molecular weight excluding hydrogens is 318 g/mol. The fraction of sp³-hybridized carbons (Fsp3) is 0.556. The highest BCUT2D eigenvalue weighted by Gasteiger charge is 2.24. The minimum absolute atomic E-state index is 0.0316. The van der Waals surface area contributed by atoms with E-state index in [1.54, 1.807) is 12.4 Å². The first-order chi connectivity index (χ1) is 12.1. The van der Waals surface area contributed by atoms with Gasteiger partial charge < -0.3 is 14.7 Å². The fourth-order valence-electron chi connectivity index (χ4n) is 3.03. The van der Waals surface area contributed by atoms with Gasteiger partial charge in [0.05, 0.1) is 0 Å². The predicted molar refractivity (Wildman–Crippen MR) is 93.7 cm³/mol. The lowest BCUT2D eigenvalue weighted by molar-refractivity contribution is -0.121. The molecule has 0 spiro atoms. The second-order valence-corrected chi connectivity index (χ2v) is 6.80. The van der Waals surface area contributed by atoms with Crippen LogP contribution in [0.5, 0.6) is 0 Å². The third kappa shape index (κ3) is 4.85. The molecule has 0 aromatic carbocycles. The van der Waals surface area contributed by atoms with E-state index in [0.29, 0.717) is 36.5 Å². The van der Waals surface area contributed by atoms with Gasteiger partial charge in [-0.1, -0.05) is 5.16 Å². The Bertz CT molecular complexity index is 686. The first kappa shape index (κ1) is 17.5. The van der Waals surface area contributed by atoms with Crippen molar-refractivity contribution in [2.45, 2.75) is 39.2 Å². The lowest BCUT2D eigenvalue weighted by atomic mass is 10.1. The van der Waals surface area contributed by atoms with Crippen LogP contribution in [0.15, 0.2) is 29.0 Å². The quantitative estimate of drug-likeness (QED) is 0.827. The van der Waals surface area contributed by atoms with E-state index in [4.69, 9.17) is 4.52 Å². The van der Waals surface area contributed by atoms with E-state index in [1.165, 1.54) is 0 Å². The maximum absolute atomic E-state index is 12.0. The second-order valence-electron chi connectivity index (χ2n) is 6.80. The van der Waals surface area contributed by atoms with Crippen molar-refractivity contribution in [3.63, 3.8) is 0 Å². The molecule has 1 fully saturated rings. The third-order valence-electron chi connectivity index (χ3n) is 4.59. The Morgan fingerprint density at radius 2 is 2.36 bits per heavy atom. The molecule has 0 saturated carbocycles. The summed E-state index contributed by atoms with van der Waals surface area (Å²) < 4.78 is 5.21. The molecule has 0 aliphatic carbocycles. The summed E-state index contributed by atoms with van der Waals surface area (Å²) in [6, 6.07) is 4.27. The van der Waals surface area contributed by atoms with Crippen molar-refractivity contribution < 1.29 is 9.32 Å². The Labute approximate surface area is 147 Å². The Kier molecular flexibility index (Phi) is 5.75. The topological polar surface area (TPSA) is 84.2 Å². The van der Waals surface area contributed by atoms with Crippen LogP contribution in [0.25, 0.3) is 11.4 Å². The third-order valence-corrected chi connectivity index (χ3v) is 4.59. The van der Waals surface area contributed by atoms with E-state index < -0.39 is 0 Å². The normalized spacial score (nSPS) is 18.0. The van der Waals surface area contributed by atoms with Gasteiger partial charge in [0.1, 0.15) is 0 Å². The van der Waals surface area contributed by atoms with Crippen LogP contribution in [-0.2, 0) is 11.2 Å². The standard InChI is InChI=1S/C18H25N5O2/c1-13(2)23-9-7-14(12-23)10-20-16(24)5-6-17-21-18(22-25-17)15-4-3-8-19-11-15/h3-4,8,11,13-14H,5-7,9-10,12H2,1-2H3,(H,20,24)/t14-/m1/s1. The highest BCUT2D eigenvalue weighted by atomic mass is 16.5. The minimum Gasteiger partial charge on any atom is -0.356 e. The highest BCUT2D eigenvalue weighted by Crippen LogP contribution is 2.18. The summed E-state index contributed by atoms with van der Waals surface area (Å²) in [5.74, 6) is 1.56. The van der Waals surface area contributed by atoms with Gasteiger partial charge >= 0.3 is 0 Å². The molecule has 134 valence electrons. The van der Waals surface area contributed by atoms with E-state index in [-0.39, 0.29) is 5.91 Å². The smallest absolute Gasteiger partial charge is 0.227 e. The number of carbonyl (C=O) groups is 1. The van der Waals surface area contributed by atoms with Gasteiger partial charge in [0, 0.05) is 49.9 Å². The Hall–Kier alpha value is -2.28. The van der Waals surface area contributed by atoms with Gasteiger partial charge in [-0.25, -0.2) is 0 Å². The number of hydrogen-bond donors (Lipinski definition) is 1. The molecule has 7 heteroatoms. The van der Waals surface area contributed by atoms with Crippen molar-refractivity contribution in [2.24, 2.45) is 5.92 Å². The zero-order valence-electron chi connectivity index (χ0n) is 14.8. The first-order valence-corrected chi connectivity index (χ1v) is 8.85. The van der Waals surface area contributed by atoms with Crippen molar-refractivity contribution in [3.05, 3.63) is 30.4 Å². The molecule has 0 bridgehead atoms. The molecule has 2 aromatic rings. The molecule has 1 aliphatic heterocycles. The summed E-state index contributed by atoms with van der Waals surface area (Å²) in [4.78, 5) is 22.8. The van der Waals surface area contributed by atoms with Crippen LogP contribution in [0, 0.1) is 5.92 Å². The molecule has 1 N–H and O–H groups in total. The Morgan fingerprint density at radius 1 is 1.48 bits per heavy atom. The number of nitrogens with zero attached hydrogens (tertiary/aromatic N) is 4. The van der Waals surface area contributed by atoms with Gasteiger partial charge in [-0.3, -0.25) is 9.78 Å². The number of amides is 1. The van der Waals surface area contributed by atoms with Crippen LogP contribution < -0.4 is 5.32 Å². The van der Waals surface area contributed by atoms with E-state index in [0.717, 1.165) is 31.6 Å². The number of likely N-dealkylation sites (tertiary alicyclic amines) is 1. The Balaban J connectivity index is 1.40. The minimum atomic E-state index is 0.0316. The SMILES string of the molecule is CC(C)N1CC[C@H](CNC(=O)CCc2nc(-c3cccnc3)no2)C1. The molecule has 1 amide bonds. The number of pyridine rings is 1. The molecule has 0 radical (unpaired) electrons. The van der Waals surface area contributed by atoms with Crippen molar-refractivity contribution >= 4 is 5.91 Å². The number of aromatic nitrogens is 3. The van der Waals surface area contributed by atoms with E-state index in [2.05, 4.69) is 39.2 Å². The molecule has 2 aromatic heterocycles. The van der Waals surface area contributed by atoms with Gasteiger partial charge in [-0.2, -0.15) is 4.98 Å². The molecule has 25 heavy (non-hydrogen) atoms. The molecule has 7 nitrogen and oxygen atoms in total. The molecule has 1 saturated heterocycles. The van der Waals surface area contributed by atoms with Gasteiger partial charge in [-0.15, -0.1) is 0 Å². The van der Waals surface area contributed by atoms with Gasteiger partial charge in [0.2, 0.25) is 17.6 Å². The second kappa shape index (κ2) is 8.20. The summed E-state index contributed by atoms with van der Waals surface area (Å²) in [7, 11) is 0. The predicted octanol–water partition coefficient (Wildman–Crippen LogP) is 1.91. The number of hydrogen-bond acceptors (Lipinski definition) is 6. The van der Waals surface area contributed by atoms with Crippen LogP contribution >= 0.6 is 0 Å². The Morgan fingerprint density at radius 3 is 3.08 bits per heavy atom. The summed E-state index contributed by atoms with van der Waals surface area (Å²) in [5.41, 5.74) is 0.804. The van der Waals surface area contributed by atoms with Crippen LogP contribution in [-0.4, -0.2) is 51.6 Å². The van der Waals surface area contributed by atoms with Gasteiger partial charge in [0.15, 0.2) is 0 Å². The molecule has 3 heterocycles. The summed E-state index contributed by atoms with van der Waals surface area (Å²) in [6.45, 7) is 7.36. The number of aryl methyl sites for hydroxylation is 1. The van der Waals surface area contributed by atoms with Crippen LogP contribution in [0.2, 0.25) is 0 Å². The van der Waals surface area contributed by atoms with Crippen molar-refractivity contribution in [2.75, 3.05) is 19.6 Å². The van der Waals surface area contributed by atoms with Crippen molar-refractivity contribution in [3.8, 4) is 11.4 Å². The van der Waals surface area contributed by atoms with E-state index >= 15 is 0 Å². The lowest BCUT2D eigenvalue weighted by Gasteiger charge is -2.20. The van der Waals surface area contributed by atoms with Gasteiger partial charge in [-0.05, 0) is 44.9 Å². The highest BCUT2D eigenvalue weighted by molar-refractivity contribution is 5.76. The molecule has 3 rings (SSSR count). The average molecular weight is 343 g/mol. The molecule has 1 atom stereocenters. The monoisotopic (exact) mass is 343 g/mol. The summed E-state index contributed by atoms with van der Waals surface area (Å²) in [6.07, 6.45) is 5.33. The molecular formula is C18H25N5O2. The van der Waals surface area contributed by atoms with Crippen LogP contribution in [0.1, 0.15) is 32.6 Å². The summed E-state index contributed by atoms with van der Waals surface area (Å²) in [5, 5.41) is 6.96. The maximum atomic E-state index is 12.0. The number of carbonyl (C=O) groups excluding carboxylic acids is 1. The first-order valence-electron chi connectivity index (χ1n) is 8.85.